The van der Waals surface area contributed by atoms with E-state index in [0.29, 0.717) is 17.4 Å². The van der Waals surface area contributed by atoms with Crippen LogP contribution in [0.5, 0.6) is 0 Å². The molecular weight excluding hydrogens is 250 g/mol. The van der Waals surface area contributed by atoms with Gasteiger partial charge in [0, 0.05) is 13.1 Å². The second-order valence-corrected chi connectivity index (χ2v) is 5.67. The van der Waals surface area contributed by atoms with Crippen LogP contribution in [0, 0.1) is 0 Å². The Balaban J connectivity index is 2.86. The van der Waals surface area contributed by atoms with Gasteiger partial charge in [-0.25, -0.2) is 0 Å². The third-order valence-corrected chi connectivity index (χ3v) is 4.29. The van der Waals surface area contributed by atoms with E-state index in [-0.39, 0.29) is 0 Å². The van der Waals surface area contributed by atoms with Crippen LogP contribution in [0.15, 0.2) is 0 Å². The zero-order valence-corrected chi connectivity index (χ0v) is 10.0. The van der Waals surface area contributed by atoms with Gasteiger partial charge in [-0.05, 0) is 12.8 Å². The molecule has 1 saturated heterocycles. The molecule has 0 spiro atoms. The number of nitrogens with zero attached hydrogens (tertiary/aromatic N) is 2. The molecular formula is C8H15N3O5S. The zero-order valence-electron chi connectivity index (χ0n) is 9.20. The zero-order chi connectivity index (χ0) is 13.1. The Kier molecular flexibility index (Phi) is 4.43. The van der Waals surface area contributed by atoms with Crippen molar-refractivity contribution >= 4 is 22.1 Å². The minimum absolute atomic E-state index is 0.344. The van der Waals surface area contributed by atoms with Crippen LogP contribution in [-0.4, -0.2) is 60.2 Å². The van der Waals surface area contributed by atoms with Crippen LogP contribution >= 0.6 is 0 Å². The summed E-state index contributed by atoms with van der Waals surface area (Å²) in [5.74, 6) is -2.21. The van der Waals surface area contributed by atoms with Gasteiger partial charge >= 0.3 is 5.97 Å². The number of aliphatic carboxylic acids is 1. The molecule has 0 bridgehead atoms. The maximum absolute atomic E-state index is 12.0. The minimum atomic E-state index is -3.91. The molecule has 0 unspecified atom stereocenters. The smallest absolute Gasteiger partial charge is 0.318 e. The van der Waals surface area contributed by atoms with Crippen LogP contribution in [0.3, 0.4) is 0 Å². The Morgan fingerprint density at radius 3 is 2.18 bits per heavy atom. The molecule has 1 aliphatic heterocycles. The summed E-state index contributed by atoms with van der Waals surface area (Å²) in [5, 5.41) is 8.63. The molecule has 1 aliphatic rings. The maximum atomic E-state index is 12.0. The van der Waals surface area contributed by atoms with Gasteiger partial charge in [-0.3, -0.25) is 9.59 Å². The second-order valence-electron chi connectivity index (χ2n) is 3.74. The standard InChI is InChI=1S/C8H15N3O5S/c9-7(12)5-11(6-8(13)14)17(15,16)10-3-1-2-4-10/h1-6H2,(H2,9,12)(H,13,14). The summed E-state index contributed by atoms with van der Waals surface area (Å²) >= 11 is 0. The van der Waals surface area contributed by atoms with Gasteiger partial charge in [0.05, 0.1) is 6.54 Å². The molecule has 9 heteroatoms. The quantitative estimate of drug-likeness (QED) is 0.587. The van der Waals surface area contributed by atoms with E-state index in [1.54, 1.807) is 0 Å². The third kappa shape index (κ3) is 3.65. The fourth-order valence-corrected chi connectivity index (χ4v) is 3.24. The normalized spacial score (nSPS) is 17.5. The summed E-state index contributed by atoms with van der Waals surface area (Å²) in [6, 6.07) is 0. The van der Waals surface area contributed by atoms with Crippen molar-refractivity contribution < 1.29 is 23.1 Å². The fraction of sp³-hybridized carbons (Fsp3) is 0.750. The molecule has 1 fully saturated rings. The van der Waals surface area contributed by atoms with Crippen LogP contribution < -0.4 is 5.73 Å². The number of rotatable bonds is 6. The lowest BCUT2D eigenvalue weighted by Gasteiger charge is -2.24. The summed E-state index contributed by atoms with van der Waals surface area (Å²) in [6.45, 7) is -0.693. The van der Waals surface area contributed by atoms with Crippen molar-refractivity contribution in [2.45, 2.75) is 12.8 Å². The number of primary amides is 1. The van der Waals surface area contributed by atoms with Crippen molar-refractivity contribution in [1.82, 2.24) is 8.61 Å². The average Bonchev–Trinajstić information content (AvgIpc) is 2.68. The van der Waals surface area contributed by atoms with Gasteiger partial charge < -0.3 is 10.8 Å². The van der Waals surface area contributed by atoms with Gasteiger partial charge in [0.2, 0.25) is 5.91 Å². The molecule has 1 rings (SSSR count). The predicted molar refractivity (Wildman–Crippen MR) is 58.1 cm³/mol. The molecule has 0 atom stereocenters. The number of amides is 1. The molecule has 0 radical (unpaired) electrons. The highest BCUT2D eigenvalue weighted by Gasteiger charge is 2.33. The van der Waals surface area contributed by atoms with Crippen molar-refractivity contribution in [3.8, 4) is 0 Å². The van der Waals surface area contributed by atoms with Gasteiger partial charge in [0.15, 0.2) is 0 Å². The molecule has 17 heavy (non-hydrogen) atoms. The Bertz CT molecular complexity index is 385. The van der Waals surface area contributed by atoms with Gasteiger partial charge in [-0.15, -0.1) is 0 Å². The molecule has 0 saturated carbocycles. The fourth-order valence-electron chi connectivity index (χ4n) is 1.63. The molecule has 0 aliphatic carbocycles. The van der Waals surface area contributed by atoms with Crippen molar-refractivity contribution in [2.24, 2.45) is 5.73 Å². The first kappa shape index (κ1) is 13.9. The van der Waals surface area contributed by atoms with Gasteiger partial charge in [-0.2, -0.15) is 17.0 Å². The molecule has 1 heterocycles. The highest BCUT2D eigenvalue weighted by molar-refractivity contribution is 7.86. The Hall–Kier alpha value is -1.19. The van der Waals surface area contributed by atoms with Crippen molar-refractivity contribution in [3.05, 3.63) is 0 Å². The number of carbonyl (C=O) groups excluding carboxylic acids is 1. The van der Waals surface area contributed by atoms with Crippen LogP contribution in [0.1, 0.15) is 12.8 Å². The van der Waals surface area contributed by atoms with Gasteiger partial charge in [0.25, 0.3) is 10.2 Å². The first-order valence-electron chi connectivity index (χ1n) is 5.09. The van der Waals surface area contributed by atoms with Crippen molar-refractivity contribution in [2.75, 3.05) is 26.2 Å². The van der Waals surface area contributed by atoms with E-state index in [1.807, 2.05) is 0 Å². The number of hydrogen-bond acceptors (Lipinski definition) is 4. The minimum Gasteiger partial charge on any atom is -0.480 e. The SMILES string of the molecule is NC(=O)CN(CC(=O)O)S(=O)(=O)N1CCCC1. The summed E-state index contributed by atoms with van der Waals surface area (Å²) in [7, 11) is -3.91. The monoisotopic (exact) mass is 265 g/mol. The van der Waals surface area contributed by atoms with Crippen LogP contribution in [0.25, 0.3) is 0 Å². The third-order valence-electron chi connectivity index (χ3n) is 2.36. The molecule has 0 aromatic carbocycles. The van der Waals surface area contributed by atoms with Crippen LogP contribution in [0.4, 0.5) is 0 Å². The highest BCUT2D eigenvalue weighted by Crippen LogP contribution is 2.16. The van der Waals surface area contributed by atoms with Crippen LogP contribution in [0.2, 0.25) is 0 Å². The first-order valence-corrected chi connectivity index (χ1v) is 6.49. The lowest BCUT2D eigenvalue weighted by atomic mass is 10.4. The largest absolute Gasteiger partial charge is 0.480 e. The van der Waals surface area contributed by atoms with Gasteiger partial charge in [0.1, 0.15) is 6.54 Å². The predicted octanol–water partition coefficient (Wildman–Crippen LogP) is -1.80. The Labute approximate surface area is 99.2 Å². The van der Waals surface area contributed by atoms with E-state index in [2.05, 4.69) is 0 Å². The summed E-state index contributed by atoms with van der Waals surface area (Å²) in [6.07, 6.45) is 1.47. The van der Waals surface area contributed by atoms with E-state index in [4.69, 9.17) is 10.8 Å². The van der Waals surface area contributed by atoms with E-state index in [1.165, 1.54) is 4.31 Å². The topological polar surface area (TPSA) is 121 Å². The van der Waals surface area contributed by atoms with Crippen molar-refractivity contribution in [3.63, 3.8) is 0 Å². The van der Waals surface area contributed by atoms with Crippen LogP contribution in [-0.2, 0) is 19.8 Å². The number of carboxylic acids is 1. The van der Waals surface area contributed by atoms with E-state index in [9.17, 15) is 18.0 Å². The second kappa shape index (κ2) is 5.43. The van der Waals surface area contributed by atoms with Gasteiger partial charge in [-0.1, -0.05) is 0 Å². The Morgan fingerprint density at radius 1 is 1.24 bits per heavy atom. The number of carbonyl (C=O) groups is 2. The van der Waals surface area contributed by atoms with Crippen molar-refractivity contribution in [1.29, 1.82) is 0 Å². The number of hydrogen-bond donors (Lipinski definition) is 2. The lowest BCUT2D eigenvalue weighted by Crippen LogP contribution is -2.48. The molecule has 0 aromatic rings. The summed E-state index contributed by atoms with van der Waals surface area (Å²) < 4.78 is 25.7. The Morgan fingerprint density at radius 2 is 1.76 bits per heavy atom. The molecule has 98 valence electrons. The van der Waals surface area contributed by atoms with E-state index < -0.39 is 35.2 Å². The van der Waals surface area contributed by atoms with E-state index in [0.717, 1.165) is 12.8 Å². The average molecular weight is 265 g/mol. The summed E-state index contributed by atoms with van der Waals surface area (Å²) in [4.78, 5) is 21.3. The highest BCUT2D eigenvalue weighted by atomic mass is 32.2. The molecule has 1 amide bonds. The first-order chi connectivity index (χ1) is 7.84. The lowest BCUT2D eigenvalue weighted by molar-refractivity contribution is -0.137. The summed E-state index contributed by atoms with van der Waals surface area (Å²) in [5.41, 5.74) is 4.91. The number of nitrogens with two attached hydrogens (primary N) is 1. The van der Waals surface area contributed by atoms with E-state index >= 15 is 0 Å². The molecule has 0 aromatic heterocycles. The molecule has 3 N–H and O–H groups in total. The number of carboxylic acid groups (broad SMARTS) is 1. The maximum Gasteiger partial charge on any atom is 0.318 e. The molecule has 8 nitrogen and oxygen atoms in total.